The molecule has 0 heterocycles. The van der Waals surface area contributed by atoms with Crippen molar-refractivity contribution in [2.75, 3.05) is 16.6 Å². The molecule has 6 nitrogen and oxygen atoms in total. The Kier molecular flexibility index (Phi) is 6.74. The maximum atomic E-state index is 12.6. The summed E-state index contributed by atoms with van der Waals surface area (Å²) in [5.74, 6) is 0.186. The molecule has 0 aliphatic carbocycles. The minimum atomic E-state index is -3.75. The number of rotatable bonds is 8. The summed E-state index contributed by atoms with van der Waals surface area (Å²) >= 11 is 0. The normalized spacial score (nSPS) is 12.1. The van der Waals surface area contributed by atoms with Crippen LogP contribution in [0.25, 0.3) is 0 Å². The third kappa shape index (κ3) is 5.39. The number of carbonyl (C=O) groups is 1. The molecule has 7 heteroatoms. The Balaban J connectivity index is 1.66. The Morgan fingerprint density at radius 1 is 0.900 bits per heavy atom. The molecule has 3 rings (SSSR count). The molecule has 0 aliphatic heterocycles. The Labute approximate surface area is 177 Å². The molecule has 30 heavy (non-hydrogen) atoms. The van der Waals surface area contributed by atoms with Crippen molar-refractivity contribution >= 4 is 27.3 Å². The van der Waals surface area contributed by atoms with Gasteiger partial charge < -0.3 is 10.1 Å². The van der Waals surface area contributed by atoms with Crippen LogP contribution >= 0.6 is 0 Å². The second kappa shape index (κ2) is 9.45. The molecule has 1 amide bonds. The van der Waals surface area contributed by atoms with Crippen LogP contribution in [0.2, 0.25) is 0 Å². The van der Waals surface area contributed by atoms with Crippen molar-refractivity contribution in [1.82, 2.24) is 0 Å². The van der Waals surface area contributed by atoms with Gasteiger partial charge in [-0.25, -0.2) is 8.42 Å². The van der Waals surface area contributed by atoms with Gasteiger partial charge in [0.2, 0.25) is 5.91 Å². The van der Waals surface area contributed by atoms with Gasteiger partial charge in [-0.3, -0.25) is 9.52 Å². The smallest absolute Gasteiger partial charge is 0.261 e. The lowest BCUT2D eigenvalue weighted by Gasteiger charge is -2.13. The van der Waals surface area contributed by atoms with Crippen LogP contribution in [0.3, 0.4) is 0 Å². The van der Waals surface area contributed by atoms with Gasteiger partial charge in [-0.15, -0.1) is 0 Å². The molecule has 0 aromatic heterocycles. The van der Waals surface area contributed by atoms with Crippen LogP contribution in [-0.2, 0) is 14.8 Å². The predicted molar refractivity (Wildman–Crippen MR) is 118 cm³/mol. The highest BCUT2D eigenvalue weighted by Gasteiger charge is 2.17. The van der Waals surface area contributed by atoms with Gasteiger partial charge in [0.25, 0.3) is 10.0 Å². The molecule has 0 spiro atoms. The van der Waals surface area contributed by atoms with Crippen LogP contribution < -0.4 is 14.8 Å². The second-order valence-corrected chi connectivity index (χ2v) is 8.39. The number of sulfonamides is 1. The van der Waals surface area contributed by atoms with Crippen molar-refractivity contribution in [2.24, 2.45) is 0 Å². The molecule has 0 aliphatic rings. The summed E-state index contributed by atoms with van der Waals surface area (Å²) in [6.07, 6.45) is 0. The molecule has 3 aromatic rings. The van der Waals surface area contributed by atoms with Gasteiger partial charge in [-0.2, -0.15) is 0 Å². The Morgan fingerprint density at radius 3 is 2.10 bits per heavy atom. The first-order valence-electron chi connectivity index (χ1n) is 9.60. The number of carbonyl (C=O) groups excluding carboxylic acids is 1. The molecule has 1 unspecified atom stereocenters. The largest absolute Gasteiger partial charge is 0.494 e. The van der Waals surface area contributed by atoms with E-state index in [9.17, 15) is 13.2 Å². The molecule has 0 fully saturated rings. The zero-order chi connectivity index (χ0) is 21.6. The van der Waals surface area contributed by atoms with Crippen LogP contribution in [0, 0.1) is 0 Å². The van der Waals surface area contributed by atoms with E-state index in [0.29, 0.717) is 23.7 Å². The number of anilines is 2. The lowest BCUT2D eigenvalue weighted by atomic mass is 10.0. The maximum Gasteiger partial charge on any atom is 0.261 e. The molecule has 0 saturated heterocycles. The molecular weight excluding hydrogens is 400 g/mol. The fourth-order valence-electron chi connectivity index (χ4n) is 2.86. The van der Waals surface area contributed by atoms with Crippen LogP contribution in [0.5, 0.6) is 5.75 Å². The van der Waals surface area contributed by atoms with E-state index in [1.807, 2.05) is 44.2 Å². The van der Waals surface area contributed by atoms with E-state index in [0.717, 1.165) is 5.56 Å². The minimum Gasteiger partial charge on any atom is -0.494 e. The van der Waals surface area contributed by atoms with Gasteiger partial charge in [-0.1, -0.05) is 30.3 Å². The monoisotopic (exact) mass is 424 g/mol. The van der Waals surface area contributed by atoms with Crippen LogP contribution in [0.15, 0.2) is 83.8 Å². The quantitative estimate of drug-likeness (QED) is 0.552. The van der Waals surface area contributed by atoms with Crippen LogP contribution in [0.4, 0.5) is 11.4 Å². The summed E-state index contributed by atoms with van der Waals surface area (Å²) in [5.41, 5.74) is 1.88. The van der Waals surface area contributed by atoms with E-state index in [4.69, 9.17) is 4.74 Å². The minimum absolute atomic E-state index is 0.102. The molecule has 1 atom stereocenters. The molecule has 156 valence electrons. The predicted octanol–water partition coefficient (Wildman–Crippen LogP) is 4.63. The molecule has 2 N–H and O–H groups in total. The third-order valence-corrected chi connectivity index (χ3v) is 5.94. The highest BCUT2D eigenvalue weighted by atomic mass is 32.2. The van der Waals surface area contributed by atoms with Gasteiger partial charge in [0.15, 0.2) is 0 Å². The number of hydrogen-bond acceptors (Lipinski definition) is 4. The first kappa shape index (κ1) is 21.4. The molecular formula is C23H24N2O4S. The summed E-state index contributed by atoms with van der Waals surface area (Å²) in [6, 6.07) is 22.2. The van der Waals surface area contributed by atoms with Crippen LogP contribution in [-0.4, -0.2) is 20.9 Å². The van der Waals surface area contributed by atoms with Crippen molar-refractivity contribution in [1.29, 1.82) is 0 Å². The number of benzene rings is 3. The Hall–Kier alpha value is -3.32. The Bertz CT molecular complexity index is 1080. The van der Waals surface area contributed by atoms with E-state index >= 15 is 0 Å². The standard InChI is InChI=1S/C23H24N2O4S/c1-3-29-21-13-9-20(10-14-21)25-30(27,28)22-15-11-19(12-16-22)24-23(26)17(2)18-7-5-4-6-8-18/h4-17,25H,3H2,1-2H3,(H,24,26). The van der Waals surface area contributed by atoms with Gasteiger partial charge in [0.1, 0.15) is 5.75 Å². The first-order valence-corrected chi connectivity index (χ1v) is 11.1. The van der Waals surface area contributed by atoms with E-state index in [1.54, 1.807) is 36.4 Å². The summed E-state index contributed by atoms with van der Waals surface area (Å²) in [7, 11) is -3.75. The summed E-state index contributed by atoms with van der Waals surface area (Å²) in [6.45, 7) is 4.24. The topological polar surface area (TPSA) is 84.5 Å². The fraction of sp³-hybridized carbons (Fsp3) is 0.174. The molecule has 0 radical (unpaired) electrons. The highest BCUT2D eigenvalue weighted by Crippen LogP contribution is 2.22. The molecule has 0 saturated carbocycles. The van der Waals surface area contributed by atoms with Crippen molar-refractivity contribution in [2.45, 2.75) is 24.7 Å². The maximum absolute atomic E-state index is 12.6. The zero-order valence-electron chi connectivity index (χ0n) is 16.8. The fourth-order valence-corrected chi connectivity index (χ4v) is 3.92. The van der Waals surface area contributed by atoms with Gasteiger partial charge in [-0.05, 0) is 67.9 Å². The third-order valence-electron chi connectivity index (χ3n) is 4.54. The molecule has 0 bridgehead atoms. The second-order valence-electron chi connectivity index (χ2n) is 6.71. The first-order chi connectivity index (χ1) is 14.4. The number of nitrogens with one attached hydrogen (secondary N) is 2. The lowest BCUT2D eigenvalue weighted by Crippen LogP contribution is -2.19. The van der Waals surface area contributed by atoms with Crippen molar-refractivity contribution in [3.05, 3.63) is 84.4 Å². The van der Waals surface area contributed by atoms with Gasteiger partial charge in [0, 0.05) is 11.4 Å². The van der Waals surface area contributed by atoms with E-state index in [-0.39, 0.29) is 16.7 Å². The summed E-state index contributed by atoms with van der Waals surface area (Å²) in [4.78, 5) is 12.6. The van der Waals surface area contributed by atoms with Gasteiger partial charge in [0.05, 0.1) is 17.4 Å². The average Bonchev–Trinajstić information content (AvgIpc) is 2.75. The van der Waals surface area contributed by atoms with E-state index in [1.165, 1.54) is 12.1 Å². The SMILES string of the molecule is CCOc1ccc(NS(=O)(=O)c2ccc(NC(=O)C(C)c3ccccc3)cc2)cc1. The zero-order valence-corrected chi connectivity index (χ0v) is 17.6. The molecule has 3 aromatic carbocycles. The summed E-state index contributed by atoms with van der Waals surface area (Å²) in [5, 5.41) is 2.82. The lowest BCUT2D eigenvalue weighted by molar-refractivity contribution is -0.117. The van der Waals surface area contributed by atoms with Crippen molar-refractivity contribution < 1.29 is 17.9 Å². The highest BCUT2D eigenvalue weighted by molar-refractivity contribution is 7.92. The van der Waals surface area contributed by atoms with Crippen LogP contribution in [0.1, 0.15) is 25.3 Å². The van der Waals surface area contributed by atoms with Crippen molar-refractivity contribution in [3.63, 3.8) is 0 Å². The number of amides is 1. The average molecular weight is 425 g/mol. The Morgan fingerprint density at radius 2 is 1.50 bits per heavy atom. The number of hydrogen-bond donors (Lipinski definition) is 2. The van der Waals surface area contributed by atoms with E-state index in [2.05, 4.69) is 10.0 Å². The van der Waals surface area contributed by atoms with Crippen molar-refractivity contribution in [3.8, 4) is 5.75 Å². The number of ether oxygens (including phenoxy) is 1. The van der Waals surface area contributed by atoms with E-state index < -0.39 is 10.0 Å². The summed E-state index contributed by atoms with van der Waals surface area (Å²) < 4.78 is 33.1. The van der Waals surface area contributed by atoms with Gasteiger partial charge >= 0.3 is 0 Å².